The summed E-state index contributed by atoms with van der Waals surface area (Å²) in [6.45, 7) is 6.08. The molecule has 0 aromatic heterocycles. The zero-order valence-electron chi connectivity index (χ0n) is 16.3. The first-order valence-electron chi connectivity index (χ1n) is 9.71. The third kappa shape index (κ3) is 4.04. The number of aryl methyl sites for hydroxylation is 1. The molecule has 2 aromatic carbocycles. The highest BCUT2D eigenvalue weighted by atomic mass is 32.2. The van der Waals surface area contributed by atoms with Crippen molar-refractivity contribution in [2.45, 2.75) is 11.8 Å². The van der Waals surface area contributed by atoms with Crippen LogP contribution in [0.5, 0.6) is 0 Å². The van der Waals surface area contributed by atoms with Gasteiger partial charge in [-0.25, -0.2) is 4.79 Å². The van der Waals surface area contributed by atoms with Gasteiger partial charge < -0.3 is 14.5 Å². The molecule has 0 bridgehead atoms. The van der Waals surface area contributed by atoms with Crippen LogP contribution in [0.2, 0.25) is 0 Å². The van der Waals surface area contributed by atoms with E-state index < -0.39 is 10.0 Å². The van der Waals surface area contributed by atoms with Gasteiger partial charge in [0.25, 0.3) is 10.0 Å². The third-order valence-corrected chi connectivity index (χ3v) is 6.76. The normalized spacial score (nSPS) is 18.2. The fraction of sp³-hybridized carbons (Fsp3) is 0.333. The average molecular weight is 415 g/mol. The van der Waals surface area contributed by atoms with Gasteiger partial charge >= 0.3 is 5.97 Å². The van der Waals surface area contributed by atoms with E-state index in [2.05, 4.69) is 4.40 Å². The van der Waals surface area contributed by atoms with Crippen molar-refractivity contribution < 1.29 is 22.8 Å². The maximum absolute atomic E-state index is 12.2. The molecule has 2 aliphatic heterocycles. The summed E-state index contributed by atoms with van der Waals surface area (Å²) in [5.74, 6) is 0.258. The molecular formula is C21H24N3O4S+. The summed E-state index contributed by atoms with van der Waals surface area (Å²) in [6.07, 6.45) is 0. The smallest absolute Gasteiger partial charge is 0.338 e. The SMILES string of the molecule is Cc1ccccc1C(=O)OCC[NH+]1CCN(C2=NS(=O)(=O)c3ccccc32)CC1. The number of rotatable bonds is 4. The quantitative estimate of drug-likeness (QED) is 0.737. The molecule has 1 N–H and O–H groups in total. The van der Waals surface area contributed by atoms with E-state index >= 15 is 0 Å². The predicted octanol–water partition coefficient (Wildman–Crippen LogP) is 0.501. The summed E-state index contributed by atoms with van der Waals surface area (Å²) in [6, 6.07) is 14.4. The fourth-order valence-corrected chi connectivity index (χ4v) is 5.00. The number of piperazine rings is 1. The number of nitrogens with one attached hydrogen (secondary N) is 1. The number of nitrogens with zero attached hydrogens (tertiary/aromatic N) is 2. The highest BCUT2D eigenvalue weighted by Gasteiger charge is 2.33. The van der Waals surface area contributed by atoms with E-state index in [9.17, 15) is 13.2 Å². The lowest BCUT2D eigenvalue weighted by molar-refractivity contribution is -0.904. The van der Waals surface area contributed by atoms with Gasteiger partial charge in [-0.2, -0.15) is 8.42 Å². The second kappa shape index (κ2) is 7.96. The molecule has 8 heteroatoms. The number of carbonyl (C=O) groups excluding carboxylic acids is 1. The van der Waals surface area contributed by atoms with Gasteiger partial charge in [0.15, 0.2) is 5.84 Å². The number of hydrogen-bond donors (Lipinski definition) is 1. The van der Waals surface area contributed by atoms with Crippen molar-refractivity contribution in [3.8, 4) is 0 Å². The van der Waals surface area contributed by atoms with E-state index in [0.29, 0.717) is 36.7 Å². The van der Waals surface area contributed by atoms with Gasteiger partial charge in [0.2, 0.25) is 0 Å². The highest BCUT2D eigenvalue weighted by molar-refractivity contribution is 7.90. The number of esters is 1. The molecule has 1 saturated heterocycles. The monoisotopic (exact) mass is 414 g/mol. The zero-order valence-corrected chi connectivity index (χ0v) is 17.1. The summed E-state index contributed by atoms with van der Waals surface area (Å²) in [7, 11) is -3.59. The molecule has 2 heterocycles. The number of benzene rings is 2. The molecule has 2 aromatic rings. The van der Waals surface area contributed by atoms with Gasteiger partial charge in [-0.15, -0.1) is 4.40 Å². The van der Waals surface area contributed by atoms with Gasteiger partial charge in [0.05, 0.1) is 31.7 Å². The summed E-state index contributed by atoms with van der Waals surface area (Å²) in [4.78, 5) is 15.8. The van der Waals surface area contributed by atoms with Crippen LogP contribution in [0, 0.1) is 6.92 Å². The summed E-state index contributed by atoms with van der Waals surface area (Å²) >= 11 is 0. The van der Waals surface area contributed by atoms with Crippen molar-refractivity contribution in [1.29, 1.82) is 0 Å². The maximum Gasteiger partial charge on any atom is 0.338 e. The standard InChI is InChI=1S/C21H23N3O4S/c1-16-6-2-3-7-17(16)21(25)28-15-14-23-10-12-24(13-11-23)20-18-8-4-5-9-19(18)29(26,27)22-20/h2-9H,10-15H2,1H3/p+1. The van der Waals surface area contributed by atoms with Crippen LogP contribution in [0.4, 0.5) is 0 Å². The van der Waals surface area contributed by atoms with E-state index in [-0.39, 0.29) is 10.9 Å². The van der Waals surface area contributed by atoms with Crippen molar-refractivity contribution in [2.75, 3.05) is 39.3 Å². The number of sulfonamides is 1. The molecule has 7 nitrogen and oxygen atoms in total. The molecule has 0 unspecified atom stereocenters. The summed E-state index contributed by atoms with van der Waals surface area (Å²) in [5.41, 5.74) is 2.19. The second-order valence-corrected chi connectivity index (χ2v) is 8.90. The van der Waals surface area contributed by atoms with E-state index in [4.69, 9.17) is 4.74 Å². The van der Waals surface area contributed by atoms with Gasteiger partial charge in [-0.1, -0.05) is 30.3 Å². The minimum Gasteiger partial charge on any atom is -0.456 e. The number of ether oxygens (including phenoxy) is 1. The Hall–Kier alpha value is -2.71. The van der Waals surface area contributed by atoms with Crippen LogP contribution in [-0.2, 0) is 14.8 Å². The first-order chi connectivity index (χ1) is 14.0. The maximum atomic E-state index is 12.2. The van der Waals surface area contributed by atoms with Crippen LogP contribution in [0.3, 0.4) is 0 Å². The Morgan fingerprint density at radius 1 is 1.10 bits per heavy atom. The van der Waals surface area contributed by atoms with Crippen molar-refractivity contribution in [1.82, 2.24) is 4.90 Å². The molecule has 29 heavy (non-hydrogen) atoms. The molecule has 0 amide bonds. The van der Waals surface area contributed by atoms with Gasteiger partial charge in [0.1, 0.15) is 18.0 Å². The van der Waals surface area contributed by atoms with Crippen LogP contribution in [0.1, 0.15) is 21.5 Å². The van der Waals surface area contributed by atoms with Crippen molar-refractivity contribution in [2.24, 2.45) is 4.40 Å². The summed E-state index contributed by atoms with van der Waals surface area (Å²) in [5, 5.41) is 0. The van der Waals surface area contributed by atoms with E-state index in [0.717, 1.165) is 25.2 Å². The van der Waals surface area contributed by atoms with Gasteiger partial charge in [-0.05, 0) is 30.7 Å². The van der Waals surface area contributed by atoms with Crippen LogP contribution >= 0.6 is 0 Å². The number of hydrogen-bond acceptors (Lipinski definition) is 5. The molecule has 152 valence electrons. The first-order valence-corrected chi connectivity index (χ1v) is 11.2. The Kier molecular flexibility index (Phi) is 5.38. The molecule has 4 rings (SSSR count). The molecule has 1 fully saturated rings. The third-order valence-electron chi connectivity index (χ3n) is 5.44. The van der Waals surface area contributed by atoms with Crippen LogP contribution in [-0.4, -0.2) is 64.5 Å². The first kappa shape index (κ1) is 19.6. The molecule has 0 atom stereocenters. The minimum absolute atomic E-state index is 0.285. The lowest BCUT2D eigenvalue weighted by Crippen LogP contribution is -3.15. The predicted molar refractivity (Wildman–Crippen MR) is 109 cm³/mol. The molecule has 0 saturated carbocycles. The molecule has 0 spiro atoms. The highest BCUT2D eigenvalue weighted by Crippen LogP contribution is 2.27. The zero-order chi connectivity index (χ0) is 20.4. The van der Waals surface area contributed by atoms with Crippen molar-refractivity contribution in [3.63, 3.8) is 0 Å². The van der Waals surface area contributed by atoms with Crippen LogP contribution in [0.25, 0.3) is 0 Å². The molecular weight excluding hydrogens is 390 g/mol. The van der Waals surface area contributed by atoms with Crippen molar-refractivity contribution in [3.05, 3.63) is 65.2 Å². The fourth-order valence-electron chi connectivity index (χ4n) is 3.77. The Morgan fingerprint density at radius 2 is 1.79 bits per heavy atom. The number of amidine groups is 1. The Morgan fingerprint density at radius 3 is 2.55 bits per heavy atom. The average Bonchev–Trinajstić information content (AvgIpc) is 3.00. The molecule has 0 radical (unpaired) electrons. The summed E-state index contributed by atoms with van der Waals surface area (Å²) < 4.78 is 33.9. The van der Waals surface area contributed by atoms with Gasteiger partial charge in [-0.3, -0.25) is 0 Å². The lowest BCUT2D eigenvalue weighted by atomic mass is 10.1. The van der Waals surface area contributed by atoms with E-state index in [1.165, 1.54) is 4.90 Å². The number of fused-ring (bicyclic) bond motifs is 1. The Bertz CT molecular complexity index is 1060. The second-order valence-electron chi connectivity index (χ2n) is 7.32. The largest absolute Gasteiger partial charge is 0.456 e. The van der Waals surface area contributed by atoms with Gasteiger partial charge in [0, 0.05) is 5.56 Å². The number of carbonyl (C=O) groups is 1. The molecule has 0 aliphatic carbocycles. The van der Waals surface area contributed by atoms with E-state index in [1.54, 1.807) is 18.2 Å². The van der Waals surface area contributed by atoms with Crippen molar-refractivity contribution >= 4 is 21.8 Å². The number of quaternary nitrogens is 1. The van der Waals surface area contributed by atoms with E-state index in [1.807, 2.05) is 42.2 Å². The minimum atomic E-state index is -3.59. The van der Waals surface area contributed by atoms with Crippen LogP contribution in [0.15, 0.2) is 57.8 Å². The Labute approximate surface area is 170 Å². The molecule has 2 aliphatic rings. The lowest BCUT2D eigenvalue weighted by Gasteiger charge is -2.33. The topological polar surface area (TPSA) is 80.5 Å². The van der Waals surface area contributed by atoms with Crippen LogP contribution < -0.4 is 4.90 Å². The Balaban J connectivity index is 1.30.